The molecule has 0 bridgehead atoms. The van der Waals surface area contributed by atoms with E-state index in [0.29, 0.717) is 0 Å². The van der Waals surface area contributed by atoms with Crippen LogP contribution in [0.5, 0.6) is 0 Å². The van der Waals surface area contributed by atoms with Crippen LogP contribution in [0.25, 0.3) is 11.4 Å². The van der Waals surface area contributed by atoms with Crippen LogP contribution >= 0.6 is 15.9 Å². The van der Waals surface area contributed by atoms with Crippen molar-refractivity contribution in [3.63, 3.8) is 0 Å². The number of hydrogen-bond acceptors (Lipinski definition) is 2. The molecule has 0 radical (unpaired) electrons. The summed E-state index contributed by atoms with van der Waals surface area (Å²) in [5, 5.41) is 0. The van der Waals surface area contributed by atoms with E-state index in [1.165, 1.54) is 11.1 Å². The summed E-state index contributed by atoms with van der Waals surface area (Å²) in [6, 6.07) is 6.17. The molecule has 15 heavy (non-hydrogen) atoms. The SMILES string of the molecule is Cc1cccc(-c2ncc(Br)cn2)c1C. The van der Waals surface area contributed by atoms with Gasteiger partial charge in [-0.1, -0.05) is 18.2 Å². The number of aryl methyl sites for hydroxylation is 1. The van der Waals surface area contributed by atoms with Gasteiger partial charge in [-0.25, -0.2) is 9.97 Å². The van der Waals surface area contributed by atoms with Gasteiger partial charge in [-0.3, -0.25) is 0 Å². The molecular formula is C12H11BrN2. The summed E-state index contributed by atoms with van der Waals surface area (Å²) in [6.45, 7) is 4.19. The predicted molar refractivity (Wildman–Crippen MR) is 64.6 cm³/mol. The molecule has 0 unspecified atom stereocenters. The summed E-state index contributed by atoms with van der Waals surface area (Å²) in [7, 11) is 0. The van der Waals surface area contributed by atoms with Crippen LogP contribution in [0.3, 0.4) is 0 Å². The van der Waals surface area contributed by atoms with Crippen molar-refractivity contribution in [3.8, 4) is 11.4 Å². The molecule has 0 aliphatic rings. The van der Waals surface area contributed by atoms with Gasteiger partial charge in [-0.15, -0.1) is 0 Å². The van der Waals surface area contributed by atoms with E-state index in [9.17, 15) is 0 Å². The smallest absolute Gasteiger partial charge is 0.159 e. The molecular weight excluding hydrogens is 252 g/mol. The van der Waals surface area contributed by atoms with Crippen molar-refractivity contribution in [2.75, 3.05) is 0 Å². The lowest BCUT2D eigenvalue weighted by Crippen LogP contribution is -1.92. The first-order valence-electron chi connectivity index (χ1n) is 4.72. The molecule has 0 saturated heterocycles. The van der Waals surface area contributed by atoms with Gasteiger partial charge in [0.15, 0.2) is 5.82 Å². The van der Waals surface area contributed by atoms with E-state index in [2.05, 4.69) is 45.8 Å². The van der Waals surface area contributed by atoms with Crippen molar-refractivity contribution in [3.05, 3.63) is 46.2 Å². The van der Waals surface area contributed by atoms with Gasteiger partial charge in [0.25, 0.3) is 0 Å². The lowest BCUT2D eigenvalue weighted by atomic mass is 10.0. The zero-order chi connectivity index (χ0) is 10.8. The third kappa shape index (κ3) is 2.07. The maximum Gasteiger partial charge on any atom is 0.159 e. The Morgan fingerprint density at radius 1 is 1.07 bits per heavy atom. The van der Waals surface area contributed by atoms with Crippen LogP contribution in [-0.4, -0.2) is 9.97 Å². The number of nitrogens with zero attached hydrogens (tertiary/aromatic N) is 2. The molecule has 2 nitrogen and oxygen atoms in total. The van der Waals surface area contributed by atoms with Crippen molar-refractivity contribution in [1.82, 2.24) is 9.97 Å². The fourth-order valence-electron chi connectivity index (χ4n) is 1.44. The molecule has 0 amide bonds. The zero-order valence-electron chi connectivity index (χ0n) is 8.66. The van der Waals surface area contributed by atoms with Gasteiger partial charge in [0.2, 0.25) is 0 Å². The molecule has 2 rings (SSSR count). The summed E-state index contributed by atoms with van der Waals surface area (Å²) in [5.41, 5.74) is 3.60. The Morgan fingerprint density at radius 3 is 2.40 bits per heavy atom. The monoisotopic (exact) mass is 262 g/mol. The highest BCUT2D eigenvalue weighted by Crippen LogP contribution is 2.22. The average molecular weight is 263 g/mol. The highest BCUT2D eigenvalue weighted by molar-refractivity contribution is 9.10. The molecule has 0 saturated carbocycles. The van der Waals surface area contributed by atoms with E-state index < -0.39 is 0 Å². The highest BCUT2D eigenvalue weighted by Gasteiger charge is 2.05. The minimum Gasteiger partial charge on any atom is -0.235 e. The first-order valence-corrected chi connectivity index (χ1v) is 5.52. The first-order chi connectivity index (χ1) is 7.18. The summed E-state index contributed by atoms with van der Waals surface area (Å²) in [6.07, 6.45) is 3.54. The Kier molecular flexibility index (Phi) is 2.82. The van der Waals surface area contributed by atoms with Crippen molar-refractivity contribution < 1.29 is 0 Å². The van der Waals surface area contributed by atoms with Crippen LogP contribution in [-0.2, 0) is 0 Å². The second-order valence-corrected chi connectivity index (χ2v) is 4.39. The Hall–Kier alpha value is -1.22. The zero-order valence-corrected chi connectivity index (χ0v) is 10.2. The Balaban J connectivity index is 2.54. The fourth-order valence-corrected chi connectivity index (χ4v) is 1.65. The first kappa shape index (κ1) is 10.3. The van der Waals surface area contributed by atoms with Crippen LogP contribution in [0.4, 0.5) is 0 Å². The molecule has 76 valence electrons. The van der Waals surface area contributed by atoms with Crippen molar-refractivity contribution in [2.45, 2.75) is 13.8 Å². The lowest BCUT2D eigenvalue weighted by Gasteiger charge is -2.06. The van der Waals surface area contributed by atoms with Crippen molar-refractivity contribution >= 4 is 15.9 Å². The molecule has 0 fully saturated rings. The van der Waals surface area contributed by atoms with Gasteiger partial charge < -0.3 is 0 Å². The fraction of sp³-hybridized carbons (Fsp3) is 0.167. The number of aromatic nitrogens is 2. The Morgan fingerprint density at radius 2 is 1.73 bits per heavy atom. The van der Waals surface area contributed by atoms with Crippen molar-refractivity contribution in [2.24, 2.45) is 0 Å². The number of halogens is 1. The summed E-state index contributed by atoms with van der Waals surface area (Å²) < 4.78 is 0.900. The minimum atomic E-state index is 0.777. The molecule has 1 heterocycles. The third-order valence-corrected chi connectivity index (χ3v) is 2.88. The number of hydrogen-bond donors (Lipinski definition) is 0. The topological polar surface area (TPSA) is 25.8 Å². The normalized spacial score (nSPS) is 10.3. The van der Waals surface area contributed by atoms with Crippen LogP contribution in [0.1, 0.15) is 11.1 Å². The van der Waals surface area contributed by atoms with Crippen molar-refractivity contribution in [1.29, 1.82) is 0 Å². The standard InChI is InChI=1S/C12H11BrN2/c1-8-4-3-5-11(9(8)2)12-14-6-10(13)7-15-12/h3-7H,1-2H3. The molecule has 0 N–H and O–H groups in total. The van der Waals surface area contributed by atoms with E-state index in [0.717, 1.165) is 15.9 Å². The molecule has 0 aliphatic carbocycles. The quantitative estimate of drug-likeness (QED) is 0.786. The van der Waals surface area contributed by atoms with E-state index in [1.807, 2.05) is 12.1 Å². The van der Waals surface area contributed by atoms with Crippen LogP contribution in [0.15, 0.2) is 35.1 Å². The Bertz CT molecular complexity index is 477. The van der Waals surface area contributed by atoms with Gasteiger partial charge in [0, 0.05) is 18.0 Å². The molecule has 3 heteroatoms. The second-order valence-electron chi connectivity index (χ2n) is 3.47. The molecule has 1 aromatic carbocycles. The Labute approximate surface area is 97.5 Å². The van der Waals surface area contributed by atoms with Gasteiger partial charge in [0.05, 0.1) is 4.47 Å². The lowest BCUT2D eigenvalue weighted by molar-refractivity contribution is 1.15. The van der Waals surface area contributed by atoms with E-state index in [-0.39, 0.29) is 0 Å². The van der Waals surface area contributed by atoms with E-state index in [1.54, 1.807) is 12.4 Å². The molecule has 1 aromatic heterocycles. The molecule has 0 aliphatic heterocycles. The van der Waals surface area contributed by atoms with Gasteiger partial charge in [-0.2, -0.15) is 0 Å². The number of benzene rings is 1. The predicted octanol–water partition coefficient (Wildman–Crippen LogP) is 3.52. The largest absolute Gasteiger partial charge is 0.235 e. The minimum absolute atomic E-state index is 0.777. The third-order valence-electron chi connectivity index (χ3n) is 2.47. The summed E-state index contributed by atoms with van der Waals surface area (Å²) >= 11 is 3.33. The van der Waals surface area contributed by atoms with Gasteiger partial charge in [-0.05, 0) is 40.9 Å². The van der Waals surface area contributed by atoms with Gasteiger partial charge in [0.1, 0.15) is 0 Å². The maximum absolute atomic E-state index is 4.29. The number of rotatable bonds is 1. The average Bonchev–Trinajstić information content (AvgIpc) is 2.24. The molecule has 0 spiro atoms. The second kappa shape index (κ2) is 4.11. The van der Waals surface area contributed by atoms with Crippen LogP contribution < -0.4 is 0 Å². The van der Waals surface area contributed by atoms with Crippen LogP contribution in [0.2, 0.25) is 0 Å². The molecule has 0 atom stereocenters. The van der Waals surface area contributed by atoms with E-state index in [4.69, 9.17) is 0 Å². The highest BCUT2D eigenvalue weighted by atomic mass is 79.9. The van der Waals surface area contributed by atoms with E-state index >= 15 is 0 Å². The molecule has 2 aromatic rings. The summed E-state index contributed by atoms with van der Waals surface area (Å²) in [4.78, 5) is 8.58. The maximum atomic E-state index is 4.29. The van der Waals surface area contributed by atoms with Gasteiger partial charge >= 0.3 is 0 Å². The summed E-state index contributed by atoms with van der Waals surface area (Å²) in [5.74, 6) is 0.777. The van der Waals surface area contributed by atoms with Crippen LogP contribution in [0, 0.1) is 13.8 Å².